The van der Waals surface area contributed by atoms with Crippen molar-refractivity contribution in [2.45, 2.75) is 6.42 Å². The number of nitrogens with zero attached hydrogens (tertiary/aromatic N) is 1. The number of ether oxygens (including phenoxy) is 3. The van der Waals surface area contributed by atoms with Gasteiger partial charge in [0.15, 0.2) is 0 Å². The fourth-order valence-corrected chi connectivity index (χ4v) is 1.64. The summed E-state index contributed by atoms with van der Waals surface area (Å²) in [6.07, 6.45) is 1.59. The molecule has 5 nitrogen and oxygen atoms in total. The Morgan fingerprint density at radius 3 is 2.52 bits per heavy atom. The third-order valence-corrected chi connectivity index (χ3v) is 2.65. The number of benzene rings is 1. The van der Waals surface area contributed by atoms with Crippen molar-refractivity contribution in [3.8, 4) is 5.88 Å². The van der Waals surface area contributed by atoms with Gasteiger partial charge in [-0.3, -0.25) is 0 Å². The van der Waals surface area contributed by atoms with E-state index >= 15 is 0 Å². The molecule has 0 spiro atoms. The molecule has 0 amide bonds. The second kappa shape index (κ2) is 8.71. The lowest BCUT2D eigenvalue weighted by Crippen LogP contribution is -2.15. The van der Waals surface area contributed by atoms with Crippen LogP contribution in [0.2, 0.25) is 0 Å². The third-order valence-electron chi connectivity index (χ3n) is 2.65. The highest BCUT2D eigenvalue weighted by atomic mass is 16.7. The minimum atomic E-state index is -0.777. The molecule has 0 radical (unpaired) electrons. The molecule has 2 rings (SSSR count). The maximum Gasteiger partial charge on any atom is 0.515 e. The number of aromatic nitrogens is 1. The van der Waals surface area contributed by atoms with Gasteiger partial charge in [0.25, 0.3) is 0 Å². The summed E-state index contributed by atoms with van der Waals surface area (Å²) < 4.78 is 15.1. The summed E-state index contributed by atoms with van der Waals surface area (Å²) in [5.74, 6) is 0.215. The quantitative estimate of drug-likeness (QED) is 0.579. The summed E-state index contributed by atoms with van der Waals surface area (Å²) in [7, 11) is 0. The zero-order chi connectivity index (χ0) is 14.8. The van der Waals surface area contributed by atoms with E-state index in [1.54, 1.807) is 18.2 Å². The fraction of sp³-hybridized carbons (Fsp3) is 0.250. The predicted molar refractivity (Wildman–Crippen MR) is 77.2 cm³/mol. The van der Waals surface area contributed by atoms with E-state index in [0.29, 0.717) is 13.2 Å². The van der Waals surface area contributed by atoms with Crippen LogP contribution in [0, 0.1) is 0 Å². The van der Waals surface area contributed by atoms with Gasteiger partial charge < -0.3 is 14.2 Å². The van der Waals surface area contributed by atoms with Gasteiger partial charge in [-0.15, -0.1) is 0 Å². The Hall–Kier alpha value is -2.40. The minimum Gasteiger partial charge on any atom is -0.431 e. The second-order valence-electron chi connectivity index (χ2n) is 4.22. The van der Waals surface area contributed by atoms with E-state index < -0.39 is 6.16 Å². The molecule has 0 atom stereocenters. The van der Waals surface area contributed by atoms with Crippen molar-refractivity contribution in [3.63, 3.8) is 0 Å². The molecule has 1 aromatic carbocycles. The first-order valence-electron chi connectivity index (χ1n) is 6.72. The summed E-state index contributed by atoms with van der Waals surface area (Å²) in [6.45, 7) is 1.08. The first-order chi connectivity index (χ1) is 10.3. The van der Waals surface area contributed by atoms with Crippen LogP contribution in [0.1, 0.15) is 5.56 Å². The predicted octanol–water partition coefficient (Wildman–Crippen LogP) is 2.86. The van der Waals surface area contributed by atoms with Crippen molar-refractivity contribution in [2.75, 3.05) is 19.8 Å². The summed E-state index contributed by atoms with van der Waals surface area (Å²) in [6, 6.07) is 15.1. The van der Waals surface area contributed by atoms with Gasteiger partial charge in [-0.05, 0) is 18.1 Å². The van der Waals surface area contributed by atoms with Crippen LogP contribution in [0.5, 0.6) is 5.88 Å². The Bertz CT molecular complexity index is 530. The van der Waals surface area contributed by atoms with E-state index in [9.17, 15) is 4.79 Å². The normalized spacial score (nSPS) is 10.1. The first kappa shape index (κ1) is 15.0. The Morgan fingerprint density at radius 2 is 1.76 bits per heavy atom. The van der Waals surface area contributed by atoms with E-state index in [-0.39, 0.29) is 12.5 Å². The van der Waals surface area contributed by atoms with Crippen molar-refractivity contribution in [1.29, 1.82) is 0 Å². The second-order valence-corrected chi connectivity index (χ2v) is 4.22. The van der Waals surface area contributed by atoms with Gasteiger partial charge in [-0.2, -0.15) is 0 Å². The fourth-order valence-electron chi connectivity index (χ4n) is 1.64. The summed E-state index contributed by atoms with van der Waals surface area (Å²) in [4.78, 5) is 15.2. The molecule has 5 heteroatoms. The number of carbonyl (C=O) groups is 1. The molecule has 0 fully saturated rings. The SMILES string of the molecule is O=C(OCCOCCc1ccccc1)Oc1ccccn1. The molecule has 0 aliphatic heterocycles. The maximum atomic E-state index is 11.3. The van der Waals surface area contributed by atoms with E-state index in [1.807, 2.05) is 30.3 Å². The van der Waals surface area contributed by atoms with Gasteiger partial charge in [0.05, 0.1) is 13.2 Å². The highest BCUT2D eigenvalue weighted by molar-refractivity contribution is 5.62. The van der Waals surface area contributed by atoms with Crippen molar-refractivity contribution in [2.24, 2.45) is 0 Å². The van der Waals surface area contributed by atoms with Gasteiger partial charge in [0.1, 0.15) is 6.61 Å². The van der Waals surface area contributed by atoms with Gasteiger partial charge in [-0.25, -0.2) is 9.78 Å². The lowest BCUT2D eigenvalue weighted by Gasteiger charge is -2.06. The van der Waals surface area contributed by atoms with Crippen molar-refractivity contribution < 1.29 is 19.0 Å². The lowest BCUT2D eigenvalue weighted by atomic mass is 10.2. The zero-order valence-corrected chi connectivity index (χ0v) is 11.6. The maximum absolute atomic E-state index is 11.3. The highest BCUT2D eigenvalue weighted by Gasteiger charge is 2.05. The van der Waals surface area contributed by atoms with Crippen LogP contribution in [0.3, 0.4) is 0 Å². The molecular weight excluding hydrogens is 270 g/mol. The van der Waals surface area contributed by atoms with Crippen LogP contribution in [0.4, 0.5) is 4.79 Å². The molecule has 0 aliphatic rings. The number of rotatable bonds is 7. The number of hydrogen-bond donors (Lipinski definition) is 0. The van der Waals surface area contributed by atoms with Gasteiger partial charge in [-0.1, -0.05) is 36.4 Å². The average molecular weight is 287 g/mol. The Morgan fingerprint density at radius 1 is 0.952 bits per heavy atom. The topological polar surface area (TPSA) is 57.7 Å². The van der Waals surface area contributed by atoms with E-state index in [2.05, 4.69) is 4.98 Å². The van der Waals surface area contributed by atoms with Crippen LogP contribution in [0.15, 0.2) is 54.7 Å². The van der Waals surface area contributed by atoms with Crippen molar-refractivity contribution in [3.05, 3.63) is 60.3 Å². The summed E-state index contributed by atoms with van der Waals surface area (Å²) in [5.41, 5.74) is 1.22. The molecule has 0 saturated heterocycles. The first-order valence-corrected chi connectivity index (χ1v) is 6.72. The molecule has 0 N–H and O–H groups in total. The molecule has 0 bridgehead atoms. The number of pyridine rings is 1. The summed E-state index contributed by atoms with van der Waals surface area (Å²) in [5, 5.41) is 0. The van der Waals surface area contributed by atoms with Crippen molar-refractivity contribution >= 4 is 6.16 Å². The molecule has 0 saturated carbocycles. The zero-order valence-electron chi connectivity index (χ0n) is 11.6. The number of carbonyl (C=O) groups excluding carboxylic acids is 1. The highest BCUT2D eigenvalue weighted by Crippen LogP contribution is 2.04. The average Bonchev–Trinajstić information content (AvgIpc) is 2.53. The molecule has 0 unspecified atom stereocenters. The standard InChI is InChI=1S/C16H17NO4/c18-16(21-15-8-4-5-10-17-15)20-13-12-19-11-9-14-6-2-1-3-7-14/h1-8,10H,9,11-13H2. The molecule has 1 aromatic heterocycles. The monoisotopic (exact) mass is 287 g/mol. The summed E-state index contributed by atoms with van der Waals surface area (Å²) >= 11 is 0. The van der Waals surface area contributed by atoms with Crippen LogP contribution >= 0.6 is 0 Å². The van der Waals surface area contributed by atoms with Crippen molar-refractivity contribution in [1.82, 2.24) is 4.98 Å². The Balaban J connectivity index is 1.52. The third kappa shape index (κ3) is 6.05. The van der Waals surface area contributed by atoms with Crippen LogP contribution in [-0.2, 0) is 15.9 Å². The lowest BCUT2D eigenvalue weighted by molar-refractivity contribution is 0.0522. The number of hydrogen-bond acceptors (Lipinski definition) is 5. The molecule has 110 valence electrons. The Labute approximate surface area is 123 Å². The molecule has 0 aliphatic carbocycles. The molecule has 1 heterocycles. The smallest absolute Gasteiger partial charge is 0.431 e. The molecule has 21 heavy (non-hydrogen) atoms. The van der Waals surface area contributed by atoms with E-state index in [4.69, 9.17) is 14.2 Å². The van der Waals surface area contributed by atoms with Gasteiger partial charge >= 0.3 is 6.16 Å². The molecule has 2 aromatic rings. The largest absolute Gasteiger partial charge is 0.515 e. The van der Waals surface area contributed by atoms with Crippen LogP contribution < -0.4 is 4.74 Å². The van der Waals surface area contributed by atoms with E-state index in [0.717, 1.165) is 6.42 Å². The molecular formula is C16H17NO4. The minimum absolute atomic E-state index is 0.153. The van der Waals surface area contributed by atoms with Gasteiger partial charge in [0.2, 0.25) is 5.88 Å². The van der Waals surface area contributed by atoms with Crippen LogP contribution in [0.25, 0.3) is 0 Å². The van der Waals surface area contributed by atoms with Crippen LogP contribution in [-0.4, -0.2) is 31.0 Å². The van der Waals surface area contributed by atoms with Gasteiger partial charge in [0, 0.05) is 12.3 Å². The Kier molecular flexibility index (Phi) is 6.22. The van der Waals surface area contributed by atoms with E-state index in [1.165, 1.54) is 11.8 Å².